The van der Waals surface area contributed by atoms with Crippen LogP contribution in [-0.2, 0) is 14.2 Å². The van der Waals surface area contributed by atoms with Crippen molar-refractivity contribution in [2.24, 2.45) is 10.9 Å². The van der Waals surface area contributed by atoms with Crippen molar-refractivity contribution in [2.75, 3.05) is 52.6 Å². The molecule has 2 atom stereocenters. The topological polar surface area (TPSA) is 55.3 Å². The van der Waals surface area contributed by atoms with Crippen LogP contribution in [0, 0.1) is 11.7 Å². The minimum Gasteiger partial charge on any atom is -0.381 e. The third-order valence-corrected chi connectivity index (χ3v) is 5.54. The quantitative estimate of drug-likeness (QED) is 0.230. The highest BCUT2D eigenvalue weighted by Crippen LogP contribution is 2.25. The zero-order valence-electron chi connectivity index (χ0n) is 18.7. The fourth-order valence-corrected chi connectivity index (χ4v) is 3.93. The second-order valence-electron chi connectivity index (χ2n) is 8.11. The summed E-state index contributed by atoms with van der Waals surface area (Å²) < 4.78 is 30.6. The molecule has 1 aromatic carbocycles. The van der Waals surface area contributed by atoms with Gasteiger partial charge in [0.2, 0.25) is 0 Å². The lowest BCUT2D eigenvalue weighted by atomic mass is 10.0. The summed E-state index contributed by atoms with van der Waals surface area (Å²) in [6.45, 7) is 10.4. The Morgan fingerprint density at radius 2 is 1.97 bits per heavy atom. The molecule has 2 fully saturated rings. The van der Waals surface area contributed by atoms with E-state index < -0.39 is 0 Å². The molecule has 0 aromatic heterocycles. The second-order valence-corrected chi connectivity index (χ2v) is 8.11. The monoisotopic (exact) mass is 549 g/mol. The maximum absolute atomic E-state index is 13.3. The fraction of sp³-hybridized carbons (Fsp3) is 0.696. The molecule has 0 bridgehead atoms. The van der Waals surface area contributed by atoms with E-state index in [9.17, 15) is 4.39 Å². The molecule has 0 amide bonds. The van der Waals surface area contributed by atoms with E-state index in [-0.39, 0.29) is 42.0 Å². The van der Waals surface area contributed by atoms with Crippen LogP contribution in [0.3, 0.4) is 0 Å². The number of ether oxygens (including phenoxy) is 3. The van der Waals surface area contributed by atoms with Gasteiger partial charge in [-0.2, -0.15) is 0 Å². The number of guanidine groups is 1. The van der Waals surface area contributed by atoms with Gasteiger partial charge in [-0.05, 0) is 56.7 Å². The third kappa shape index (κ3) is 8.82. The summed E-state index contributed by atoms with van der Waals surface area (Å²) in [5.41, 5.74) is 0.991. The number of morpholine rings is 1. The molecule has 0 spiro atoms. The number of nitrogens with zero attached hydrogens (tertiary/aromatic N) is 2. The zero-order valence-corrected chi connectivity index (χ0v) is 21.1. The maximum Gasteiger partial charge on any atom is 0.194 e. The predicted molar refractivity (Wildman–Crippen MR) is 132 cm³/mol. The van der Waals surface area contributed by atoms with Gasteiger partial charge in [0.15, 0.2) is 5.96 Å². The van der Waals surface area contributed by atoms with Gasteiger partial charge in [-0.3, -0.25) is 4.99 Å². The van der Waals surface area contributed by atoms with Gasteiger partial charge in [0.05, 0.1) is 12.6 Å². The van der Waals surface area contributed by atoms with Crippen molar-refractivity contribution in [1.29, 1.82) is 0 Å². The minimum absolute atomic E-state index is 0. The second kappa shape index (κ2) is 14.2. The Kier molecular flexibility index (Phi) is 12.1. The first-order valence-corrected chi connectivity index (χ1v) is 11.3. The number of rotatable bonds is 8. The van der Waals surface area contributed by atoms with Crippen LogP contribution in [0.25, 0.3) is 0 Å². The summed E-state index contributed by atoms with van der Waals surface area (Å²) in [7, 11) is 0. The lowest BCUT2D eigenvalue weighted by molar-refractivity contribution is -0.0605. The lowest BCUT2D eigenvalue weighted by Crippen LogP contribution is -2.50. The molecular formula is C23H37FIN3O3. The summed E-state index contributed by atoms with van der Waals surface area (Å²) in [4.78, 5) is 7.06. The fourth-order valence-electron chi connectivity index (χ4n) is 3.93. The molecule has 3 rings (SSSR count). The molecule has 176 valence electrons. The SMILES string of the molecule is CCNC(=NCCCOCC1CCOCC1)N1CC(C)OC(c2ccc(F)cc2)C1.I. The molecular weight excluding hydrogens is 512 g/mol. The number of aliphatic imine (C=N–C) groups is 1. The number of nitrogens with one attached hydrogen (secondary N) is 1. The van der Waals surface area contributed by atoms with Crippen LogP contribution in [0.4, 0.5) is 4.39 Å². The van der Waals surface area contributed by atoms with E-state index in [1.807, 2.05) is 0 Å². The zero-order chi connectivity index (χ0) is 21.2. The van der Waals surface area contributed by atoms with Crippen molar-refractivity contribution in [3.05, 3.63) is 35.6 Å². The van der Waals surface area contributed by atoms with Crippen molar-refractivity contribution in [1.82, 2.24) is 10.2 Å². The first-order valence-electron chi connectivity index (χ1n) is 11.3. The molecule has 8 heteroatoms. The summed E-state index contributed by atoms with van der Waals surface area (Å²) in [6.07, 6.45) is 3.08. The van der Waals surface area contributed by atoms with Crippen LogP contribution in [0.2, 0.25) is 0 Å². The Labute approximate surface area is 202 Å². The highest BCUT2D eigenvalue weighted by Gasteiger charge is 2.28. The Balaban J connectivity index is 0.00000341. The lowest BCUT2D eigenvalue weighted by Gasteiger charge is -2.38. The Morgan fingerprint density at radius 1 is 1.23 bits per heavy atom. The molecule has 1 aromatic rings. The molecule has 2 unspecified atom stereocenters. The Bertz CT molecular complexity index is 656. The molecule has 31 heavy (non-hydrogen) atoms. The molecule has 6 nitrogen and oxygen atoms in total. The average Bonchev–Trinajstić information content (AvgIpc) is 2.76. The van der Waals surface area contributed by atoms with E-state index in [0.29, 0.717) is 12.5 Å². The first kappa shape index (κ1) is 26.3. The normalized spacial score (nSPS) is 22.8. The van der Waals surface area contributed by atoms with Gasteiger partial charge in [0.25, 0.3) is 0 Å². The molecule has 2 saturated heterocycles. The standard InChI is InChI=1S/C23H36FN3O3.HI/c1-3-25-23(26-11-4-12-29-17-19-9-13-28-14-10-19)27-15-18(2)30-22(16-27)20-5-7-21(24)8-6-20;/h5-8,18-19,22H,3-4,9-17H2,1-2H3,(H,25,26);1H. The van der Waals surface area contributed by atoms with Crippen LogP contribution in [-0.4, -0.2) is 69.6 Å². The highest BCUT2D eigenvalue weighted by molar-refractivity contribution is 14.0. The summed E-state index contributed by atoms with van der Waals surface area (Å²) in [5.74, 6) is 1.32. The number of hydrogen-bond acceptors (Lipinski definition) is 4. The van der Waals surface area contributed by atoms with Gasteiger partial charge in [0, 0.05) is 46.1 Å². The molecule has 2 aliphatic rings. The molecule has 2 heterocycles. The van der Waals surface area contributed by atoms with E-state index in [1.54, 1.807) is 12.1 Å². The van der Waals surface area contributed by atoms with Gasteiger partial charge in [-0.1, -0.05) is 12.1 Å². The van der Waals surface area contributed by atoms with Crippen molar-refractivity contribution in [3.8, 4) is 0 Å². The van der Waals surface area contributed by atoms with E-state index in [4.69, 9.17) is 19.2 Å². The van der Waals surface area contributed by atoms with Crippen LogP contribution < -0.4 is 5.32 Å². The van der Waals surface area contributed by atoms with E-state index in [2.05, 4.69) is 24.1 Å². The number of halogens is 2. The Morgan fingerprint density at radius 3 is 2.68 bits per heavy atom. The van der Waals surface area contributed by atoms with Crippen molar-refractivity contribution < 1.29 is 18.6 Å². The molecule has 0 aliphatic carbocycles. The molecule has 2 aliphatic heterocycles. The van der Waals surface area contributed by atoms with Crippen molar-refractivity contribution >= 4 is 29.9 Å². The largest absolute Gasteiger partial charge is 0.381 e. The number of hydrogen-bond donors (Lipinski definition) is 1. The van der Waals surface area contributed by atoms with Gasteiger partial charge in [-0.25, -0.2) is 4.39 Å². The van der Waals surface area contributed by atoms with E-state index in [1.165, 1.54) is 12.1 Å². The van der Waals surface area contributed by atoms with Crippen LogP contribution in [0.15, 0.2) is 29.3 Å². The van der Waals surface area contributed by atoms with Crippen molar-refractivity contribution in [2.45, 2.75) is 45.3 Å². The molecule has 0 saturated carbocycles. The summed E-state index contributed by atoms with van der Waals surface area (Å²) in [5, 5.41) is 3.40. The first-order chi connectivity index (χ1) is 14.7. The van der Waals surface area contributed by atoms with Crippen LogP contribution in [0.1, 0.15) is 44.8 Å². The average molecular weight is 549 g/mol. The summed E-state index contributed by atoms with van der Waals surface area (Å²) >= 11 is 0. The minimum atomic E-state index is -0.228. The van der Waals surface area contributed by atoms with Gasteiger partial charge < -0.3 is 24.4 Å². The van der Waals surface area contributed by atoms with Crippen molar-refractivity contribution in [3.63, 3.8) is 0 Å². The Hall–Kier alpha value is -0.970. The third-order valence-electron chi connectivity index (χ3n) is 5.54. The van der Waals surface area contributed by atoms with Gasteiger partial charge in [0.1, 0.15) is 11.9 Å². The van der Waals surface area contributed by atoms with Crippen LogP contribution >= 0.6 is 24.0 Å². The van der Waals surface area contributed by atoms with Gasteiger partial charge in [-0.15, -0.1) is 24.0 Å². The molecule has 0 radical (unpaired) electrons. The van der Waals surface area contributed by atoms with E-state index in [0.717, 1.165) is 76.8 Å². The number of benzene rings is 1. The maximum atomic E-state index is 13.3. The smallest absolute Gasteiger partial charge is 0.194 e. The molecule has 1 N–H and O–H groups in total. The summed E-state index contributed by atoms with van der Waals surface area (Å²) in [6, 6.07) is 6.58. The van der Waals surface area contributed by atoms with E-state index >= 15 is 0 Å². The predicted octanol–water partition coefficient (Wildman–Crippen LogP) is 4.00. The van der Waals surface area contributed by atoms with Crippen LogP contribution in [0.5, 0.6) is 0 Å². The van der Waals surface area contributed by atoms with Gasteiger partial charge >= 0.3 is 0 Å². The highest BCUT2D eigenvalue weighted by atomic mass is 127.